The minimum atomic E-state index is -0.0522. The molecule has 1 heterocycles. The lowest BCUT2D eigenvalue weighted by Gasteiger charge is -2.14. The highest BCUT2D eigenvalue weighted by Gasteiger charge is 2.11. The highest BCUT2D eigenvalue weighted by atomic mass is 16.1. The third-order valence-electron chi connectivity index (χ3n) is 2.90. The van der Waals surface area contributed by atoms with Crippen LogP contribution in [0.2, 0.25) is 0 Å². The molecule has 0 spiro atoms. The highest BCUT2D eigenvalue weighted by molar-refractivity contribution is 5.97. The lowest BCUT2D eigenvalue weighted by Crippen LogP contribution is -2.33. The van der Waals surface area contributed by atoms with Crippen molar-refractivity contribution in [3.63, 3.8) is 0 Å². The molecular formula is C12H16N4O. The summed E-state index contributed by atoms with van der Waals surface area (Å²) < 4.78 is 0. The number of H-pyrrole nitrogens is 1. The molecule has 0 aliphatic carbocycles. The average molecular weight is 232 g/mol. The van der Waals surface area contributed by atoms with E-state index in [1.54, 1.807) is 18.2 Å². The highest BCUT2D eigenvalue weighted by Crippen LogP contribution is 2.11. The van der Waals surface area contributed by atoms with Crippen molar-refractivity contribution in [2.75, 3.05) is 0 Å². The van der Waals surface area contributed by atoms with Crippen molar-refractivity contribution >= 4 is 16.9 Å². The topological polar surface area (TPSA) is 70.7 Å². The SMILES string of the molecule is CCC(CC)NC(=O)c1ccc2n[nH]nc2c1. The molecule has 0 saturated heterocycles. The van der Waals surface area contributed by atoms with Gasteiger partial charge in [0, 0.05) is 11.6 Å². The van der Waals surface area contributed by atoms with Crippen LogP contribution in [-0.4, -0.2) is 27.4 Å². The van der Waals surface area contributed by atoms with Crippen molar-refractivity contribution in [2.24, 2.45) is 0 Å². The first-order chi connectivity index (χ1) is 8.24. The number of benzene rings is 1. The summed E-state index contributed by atoms with van der Waals surface area (Å²) in [5.41, 5.74) is 2.10. The van der Waals surface area contributed by atoms with Crippen LogP contribution in [0.15, 0.2) is 18.2 Å². The van der Waals surface area contributed by atoms with Gasteiger partial charge in [0.25, 0.3) is 5.91 Å². The first-order valence-corrected chi connectivity index (χ1v) is 5.86. The third kappa shape index (κ3) is 2.43. The molecule has 1 aromatic heterocycles. The van der Waals surface area contributed by atoms with Crippen LogP contribution in [0.4, 0.5) is 0 Å². The normalized spacial score (nSPS) is 11.0. The Balaban J connectivity index is 2.18. The first kappa shape index (κ1) is 11.6. The molecule has 0 fully saturated rings. The number of hydrogen-bond acceptors (Lipinski definition) is 3. The Labute approximate surface area is 99.6 Å². The second-order valence-corrected chi connectivity index (χ2v) is 4.01. The standard InChI is InChI=1S/C12H16N4O/c1-3-9(4-2)13-12(17)8-5-6-10-11(7-8)15-16-14-10/h5-7,9H,3-4H2,1-2H3,(H,13,17)(H,14,15,16). The lowest BCUT2D eigenvalue weighted by atomic mass is 10.1. The Bertz CT molecular complexity index is 516. The van der Waals surface area contributed by atoms with Crippen molar-refractivity contribution in [2.45, 2.75) is 32.7 Å². The van der Waals surface area contributed by atoms with Gasteiger partial charge in [-0.15, -0.1) is 0 Å². The molecule has 5 heteroatoms. The van der Waals surface area contributed by atoms with E-state index in [9.17, 15) is 4.79 Å². The summed E-state index contributed by atoms with van der Waals surface area (Å²) >= 11 is 0. The Kier molecular flexibility index (Phi) is 3.37. The molecule has 0 radical (unpaired) electrons. The van der Waals surface area contributed by atoms with Crippen LogP contribution < -0.4 is 5.32 Å². The van der Waals surface area contributed by atoms with Crippen LogP contribution in [0.3, 0.4) is 0 Å². The van der Waals surface area contributed by atoms with Gasteiger partial charge < -0.3 is 5.32 Å². The second kappa shape index (κ2) is 4.95. The van der Waals surface area contributed by atoms with E-state index in [0.717, 1.165) is 18.4 Å². The number of fused-ring (bicyclic) bond motifs is 1. The van der Waals surface area contributed by atoms with Gasteiger partial charge in [-0.2, -0.15) is 15.4 Å². The zero-order valence-corrected chi connectivity index (χ0v) is 10.0. The predicted molar refractivity (Wildman–Crippen MR) is 65.7 cm³/mol. The first-order valence-electron chi connectivity index (χ1n) is 5.86. The van der Waals surface area contributed by atoms with Crippen molar-refractivity contribution < 1.29 is 4.79 Å². The smallest absolute Gasteiger partial charge is 0.251 e. The molecule has 2 rings (SSSR count). The van der Waals surface area contributed by atoms with Gasteiger partial charge in [-0.05, 0) is 31.0 Å². The summed E-state index contributed by atoms with van der Waals surface area (Å²) in [5.74, 6) is -0.0522. The van der Waals surface area contributed by atoms with Crippen molar-refractivity contribution in [3.05, 3.63) is 23.8 Å². The van der Waals surface area contributed by atoms with Crippen molar-refractivity contribution in [3.8, 4) is 0 Å². The molecule has 0 bridgehead atoms. The minimum Gasteiger partial charge on any atom is -0.349 e. The second-order valence-electron chi connectivity index (χ2n) is 4.01. The van der Waals surface area contributed by atoms with E-state index in [1.807, 2.05) is 0 Å². The number of aromatic nitrogens is 3. The molecule has 1 aromatic carbocycles. The number of rotatable bonds is 4. The molecule has 17 heavy (non-hydrogen) atoms. The number of nitrogens with one attached hydrogen (secondary N) is 2. The van der Waals surface area contributed by atoms with Gasteiger partial charge in [-0.1, -0.05) is 13.8 Å². The Morgan fingerprint density at radius 2 is 2.00 bits per heavy atom. The minimum absolute atomic E-state index is 0.0522. The Morgan fingerprint density at radius 1 is 1.29 bits per heavy atom. The van der Waals surface area contributed by atoms with Crippen molar-refractivity contribution in [1.82, 2.24) is 20.7 Å². The molecule has 2 N–H and O–H groups in total. The van der Waals surface area contributed by atoms with Crippen LogP contribution in [-0.2, 0) is 0 Å². The molecule has 0 atom stereocenters. The number of carbonyl (C=O) groups is 1. The summed E-state index contributed by atoms with van der Waals surface area (Å²) in [6.07, 6.45) is 1.88. The fraction of sp³-hybridized carbons (Fsp3) is 0.417. The van der Waals surface area contributed by atoms with E-state index >= 15 is 0 Å². The van der Waals surface area contributed by atoms with Gasteiger partial charge in [-0.25, -0.2) is 0 Å². The van der Waals surface area contributed by atoms with Gasteiger partial charge in [0.15, 0.2) is 0 Å². The number of nitrogens with zero attached hydrogens (tertiary/aromatic N) is 2. The Hall–Kier alpha value is -1.91. The quantitative estimate of drug-likeness (QED) is 0.845. The third-order valence-corrected chi connectivity index (χ3v) is 2.90. The fourth-order valence-corrected chi connectivity index (χ4v) is 1.74. The van der Waals surface area contributed by atoms with E-state index in [4.69, 9.17) is 0 Å². The maximum atomic E-state index is 12.0. The summed E-state index contributed by atoms with van der Waals surface area (Å²) in [4.78, 5) is 12.0. The van der Waals surface area contributed by atoms with Gasteiger partial charge in [0.05, 0.1) is 0 Å². The lowest BCUT2D eigenvalue weighted by molar-refractivity contribution is 0.0935. The van der Waals surface area contributed by atoms with Crippen LogP contribution in [0.5, 0.6) is 0 Å². The van der Waals surface area contributed by atoms with E-state index in [2.05, 4.69) is 34.6 Å². The van der Waals surface area contributed by atoms with Gasteiger partial charge in [0.2, 0.25) is 0 Å². The summed E-state index contributed by atoms with van der Waals surface area (Å²) in [5, 5.41) is 13.4. The average Bonchev–Trinajstić information content (AvgIpc) is 2.82. The Morgan fingerprint density at radius 3 is 2.71 bits per heavy atom. The van der Waals surface area contributed by atoms with Gasteiger partial charge in [-0.3, -0.25) is 4.79 Å². The molecule has 90 valence electrons. The van der Waals surface area contributed by atoms with E-state index in [0.29, 0.717) is 11.1 Å². The van der Waals surface area contributed by atoms with Crippen LogP contribution >= 0.6 is 0 Å². The molecule has 0 unspecified atom stereocenters. The van der Waals surface area contributed by atoms with Gasteiger partial charge >= 0.3 is 0 Å². The van der Waals surface area contributed by atoms with Gasteiger partial charge in [0.1, 0.15) is 11.0 Å². The maximum Gasteiger partial charge on any atom is 0.251 e. The monoisotopic (exact) mass is 232 g/mol. The number of hydrogen-bond donors (Lipinski definition) is 2. The summed E-state index contributed by atoms with van der Waals surface area (Å²) in [6, 6.07) is 5.54. The maximum absolute atomic E-state index is 12.0. The van der Waals surface area contributed by atoms with E-state index < -0.39 is 0 Å². The molecular weight excluding hydrogens is 216 g/mol. The fourth-order valence-electron chi connectivity index (χ4n) is 1.74. The summed E-state index contributed by atoms with van der Waals surface area (Å²) in [6.45, 7) is 4.13. The van der Waals surface area contributed by atoms with E-state index in [1.165, 1.54) is 0 Å². The van der Waals surface area contributed by atoms with Crippen LogP contribution in [0, 0.1) is 0 Å². The molecule has 5 nitrogen and oxygen atoms in total. The molecule has 0 saturated carbocycles. The molecule has 0 aliphatic heterocycles. The largest absolute Gasteiger partial charge is 0.349 e. The van der Waals surface area contributed by atoms with Crippen molar-refractivity contribution in [1.29, 1.82) is 0 Å². The summed E-state index contributed by atoms with van der Waals surface area (Å²) in [7, 11) is 0. The zero-order valence-electron chi connectivity index (χ0n) is 10.0. The number of amides is 1. The van der Waals surface area contributed by atoms with Crippen LogP contribution in [0.25, 0.3) is 11.0 Å². The molecule has 1 amide bonds. The number of aromatic amines is 1. The van der Waals surface area contributed by atoms with E-state index in [-0.39, 0.29) is 11.9 Å². The molecule has 0 aliphatic rings. The predicted octanol–water partition coefficient (Wildman–Crippen LogP) is 1.88. The number of carbonyl (C=O) groups excluding carboxylic acids is 1. The van der Waals surface area contributed by atoms with Crippen LogP contribution in [0.1, 0.15) is 37.0 Å². The zero-order chi connectivity index (χ0) is 12.3. The molecule has 2 aromatic rings.